The number of halogens is 3. The van der Waals surface area contributed by atoms with Crippen LogP contribution in [0.2, 0.25) is 0 Å². The van der Waals surface area contributed by atoms with Crippen molar-refractivity contribution < 1.29 is 13.2 Å². The second-order valence-corrected chi connectivity index (χ2v) is 4.79. The van der Waals surface area contributed by atoms with E-state index < -0.39 is 12.6 Å². The first kappa shape index (κ1) is 16.8. The third-order valence-electron chi connectivity index (χ3n) is 3.35. The molecule has 0 heterocycles. The summed E-state index contributed by atoms with van der Waals surface area (Å²) in [5.74, 6) is 0.556. The SMILES string of the molecule is CCCCC(CC)CC(CCC(F)(F)F)NC. The van der Waals surface area contributed by atoms with E-state index in [0.717, 1.165) is 25.7 Å². The molecule has 0 aromatic carbocycles. The number of alkyl halides is 3. The van der Waals surface area contributed by atoms with Gasteiger partial charge in [0.05, 0.1) is 0 Å². The normalized spacial score (nSPS) is 15.9. The molecule has 0 rings (SSSR count). The largest absolute Gasteiger partial charge is 0.389 e. The fourth-order valence-corrected chi connectivity index (χ4v) is 2.10. The van der Waals surface area contributed by atoms with Crippen molar-refractivity contribution in [3.8, 4) is 0 Å². The zero-order valence-corrected chi connectivity index (χ0v) is 11.2. The average molecular weight is 253 g/mol. The van der Waals surface area contributed by atoms with Gasteiger partial charge >= 0.3 is 6.18 Å². The van der Waals surface area contributed by atoms with Gasteiger partial charge in [0, 0.05) is 12.5 Å². The summed E-state index contributed by atoms with van der Waals surface area (Å²) in [5.41, 5.74) is 0. The molecule has 104 valence electrons. The standard InChI is InChI=1S/C13H26F3N/c1-4-6-7-11(5-2)10-12(17-3)8-9-13(14,15)16/h11-12,17H,4-10H2,1-3H3. The average Bonchev–Trinajstić information content (AvgIpc) is 2.27. The minimum Gasteiger partial charge on any atom is -0.317 e. The van der Waals surface area contributed by atoms with Gasteiger partial charge in [0.15, 0.2) is 0 Å². The molecule has 1 N–H and O–H groups in total. The Morgan fingerprint density at radius 1 is 1.12 bits per heavy atom. The van der Waals surface area contributed by atoms with Gasteiger partial charge in [-0.15, -0.1) is 0 Å². The van der Waals surface area contributed by atoms with E-state index in [0.29, 0.717) is 5.92 Å². The Morgan fingerprint density at radius 3 is 2.18 bits per heavy atom. The minimum atomic E-state index is -4.03. The molecule has 4 heteroatoms. The maximum Gasteiger partial charge on any atom is 0.389 e. The number of hydrogen-bond donors (Lipinski definition) is 1. The molecule has 0 aliphatic carbocycles. The lowest BCUT2D eigenvalue weighted by Gasteiger charge is -2.23. The second kappa shape index (κ2) is 8.78. The van der Waals surface area contributed by atoms with Gasteiger partial charge in [-0.25, -0.2) is 0 Å². The van der Waals surface area contributed by atoms with E-state index in [9.17, 15) is 13.2 Å². The van der Waals surface area contributed by atoms with E-state index >= 15 is 0 Å². The molecule has 0 saturated carbocycles. The summed E-state index contributed by atoms with van der Waals surface area (Å²) < 4.78 is 36.4. The van der Waals surface area contributed by atoms with Crippen molar-refractivity contribution in [3.63, 3.8) is 0 Å². The Balaban J connectivity index is 3.99. The summed E-state index contributed by atoms with van der Waals surface area (Å²) in [6.07, 6.45) is 0.882. The van der Waals surface area contributed by atoms with Crippen molar-refractivity contribution in [1.82, 2.24) is 5.32 Å². The molecule has 0 aliphatic rings. The van der Waals surface area contributed by atoms with E-state index in [2.05, 4.69) is 19.2 Å². The van der Waals surface area contributed by atoms with Crippen LogP contribution in [0.25, 0.3) is 0 Å². The molecule has 2 unspecified atom stereocenters. The predicted octanol–water partition coefficient (Wildman–Crippen LogP) is 4.52. The van der Waals surface area contributed by atoms with Crippen LogP contribution in [-0.2, 0) is 0 Å². The highest BCUT2D eigenvalue weighted by atomic mass is 19.4. The Bertz CT molecular complexity index is 180. The summed E-state index contributed by atoms with van der Waals surface area (Å²) in [5, 5.41) is 3.02. The Hall–Kier alpha value is -0.250. The van der Waals surface area contributed by atoms with Crippen molar-refractivity contribution in [2.24, 2.45) is 5.92 Å². The van der Waals surface area contributed by atoms with E-state index in [1.165, 1.54) is 6.42 Å². The van der Waals surface area contributed by atoms with Crippen LogP contribution in [0.1, 0.15) is 58.8 Å². The summed E-state index contributed by atoms with van der Waals surface area (Å²) in [4.78, 5) is 0. The van der Waals surface area contributed by atoms with Gasteiger partial charge in [-0.1, -0.05) is 39.5 Å². The van der Waals surface area contributed by atoms with Gasteiger partial charge in [-0.05, 0) is 25.8 Å². The Labute approximate surface area is 103 Å². The summed E-state index contributed by atoms with van der Waals surface area (Å²) >= 11 is 0. The van der Waals surface area contributed by atoms with Crippen molar-refractivity contribution in [2.75, 3.05) is 7.05 Å². The van der Waals surface area contributed by atoms with Crippen LogP contribution in [0.15, 0.2) is 0 Å². The van der Waals surface area contributed by atoms with Crippen molar-refractivity contribution >= 4 is 0 Å². The Morgan fingerprint density at radius 2 is 1.76 bits per heavy atom. The fourth-order valence-electron chi connectivity index (χ4n) is 2.10. The molecular weight excluding hydrogens is 227 g/mol. The molecule has 2 atom stereocenters. The smallest absolute Gasteiger partial charge is 0.317 e. The van der Waals surface area contributed by atoms with Gasteiger partial charge in [-0.3, -0.25) is 0 Å². The third kappa shape index (κ3) is 9.45. The van der Waals surface area contributed by atoms with Crippen LogP contribution in [0, 0.1) is 5.92 Å². The molecule has 17 heavy (non-hydrogen) atoms. The molecule has 0 aromatic heterocycles. The molecule has 0 fully saturated rings. The zero-order chi connectivity index (χ0) is 13.3. The van der Waals surface area contributed by atoms with Gasteiger partial charge in [0.2, 0.25) is 0 Å². The van der Waals surface area contributed by atoms with Crippen LogP contribution in [0.3, 0.4) is 0 Å². The quantitative estimate of drug-likeness (QED) is 0.637. The van der Waals surface area contributed by atoms with Crippen molar-refractivity contribution in [3.05, 3.63) is 0 Å². The van der Waals surface area contributed by atoms with Crippen molar-refractivity contribution in [1.29, 1.82) is 0 Å². The van der Waals surface area contributed by atoms with Crippen LogP contribution in [0.5, 0.6) is 0 Å². The molecular formula is C13H26F3N. The summed E-state index contributed by atoms with van der Waals surface area (Å²) in [6, 6.07) is -0.00145. The first-order valence-corrected chi connectivity index (χ1v) is 6.66. The first-order chi connectivity index (χ1) is 7.92. The molecule has 0 bridgehead atoms. The zero-order valence-electron chi connectivity index (χ0n) is 11.2. The molecule has 0 saturated heterocycles. The van der Waals surface area contributed by atoms with Crippen LogP contribution >= 0.6 is 0 Å². The summed E-state index contributed by atoms with van der Waals surface area (Å²) in [6.45, 7) is 4.27. The van der Waals surface area contributed by atoms with Crippen LogP contribution < -0.4 is 5.32 Å². The molecule has 0 aromatic rings. The maximum atomic E-state index is 12.1. The number of hydrogen-bond acceptors (Lipinski definition) is 1. The fraction of sp³-hybridized carbons (Fsp3) is 1.00. The van der Waals surface area contributed by atoms with Gasteiger partial charge < -0.3 is 5.32 Å². The number of nitrogens with one attached hydrogen (secondary N) is 1. The van der Waals surface area contributed by atoms with Gasteiger partial charge in [-0.2, -0.15) is 13.2 Å². The molecule has 0 aliphatic heterocycles. The van der Waals surface area contributed by atoms with Gasteiger partial charge in [0.1, 0.15) is 0 Å². The third-order valence-corrected chi connectivity index (χ3v) is 3.35. The monoisotopic (exact) mass is 253 g/mol. The molecule has 0 spiro atoms. The van der Waals surface area contributed by atoms with Crippen LogP contribution in [-0.4, -0.2) is 19.3 Å². The molecule has 0 radical (unpaired) electrons. The molecule has 1 nitrogen and oxygen atoms in total. The maximum absolute atomic E-state index is 12.1. The highest BCUT2D eigenvalue weighted by Crippen LogP contribution is 2.25. The minimum absolute atomic E-state index is 0.00145. The highest BCUT2D eigenvalue weighted by molar-refractivity contribution is 4.71. The lowest BCUT2D eigenvalue weighted by molar-refractivity contribution is -0.136. The van der Waals surface area contributed by atoms with E-state index in [4.69, 9.17) is 0 Å². The topological polar surface area (TPSA) is 12.0 Å². The second-order valence-electron chi connectivity index (χ2n) is 4.79. The van der Waals surface area contributed by atoms with E-state index in [1.807, 2.05) is 0 Å². The molecule has 0 amide bonds. The lowest BCUT2D eigenvalue weighted by Crippen LogP contribution is -2.29. The first-order valence-electron chi connectivity index (χ1n) is 6.66. The Kier molecular flexibility index (Phi) is 8.66. The van der Waals surface area contributed by atoms with Gasteiger partial charge in [0.25, 0.3) is 0 Å². The predicted molar refractivity (Wildman–Crippen MR) is 66.1 cm³/mol. The van der Waals surface area contributed by atoms with Crippen molar-refractivity contribution in [2.45, 2.75) is 71.0 Å². The number of rotatable bonds is 9. The lowest BCUT2D eigenvalue weighted by atomic mass is 9.90. The highest BCUT2D eigenvalue weighted by Gasteiger charge is 2.28. The van der Waals surface area contributed by atoms with E-state index in [1.54, 1.807) is 7.05 Å². The summed E-state index contributed by atoms with van der Waals surface area (Å²) in [7, 11) is 1.76. The van der Waals surface area contributed by atoms with Crippen LogP contribution in [0.4, 0.5) is 13.2 Å². The number of unbranched alkanes of at least 4 members (excludes halogenated alkanes) is 1. The van der Waals surface area contributed by atoms with E-state index in [-0.39, 0.29) is 12.5 Å².